The van der Waals surface area contributed by atoms with Crippen LogP contribution in [-0.4, -0.2) is 5.11 Å². The molecule has 0 aliphatic carbocycles. The maximum Gasteiger partial charge on any atom is 0.165 e. The minimum atomic E-state index is -0.874. The third-order valence-corrected chi connectivity index (χ3v) is 1.91. The molecule has 0 aromatic heterocycles. The number of rotatable bonds is 3. The Morgan fingerprint density at radius 2 is 1.93 bits per heavy atom. The largest absolute Gasteiger partial charge is 0.505 e. The molecule has 0 saturated heterocycles. The third kappa shape index (κ3) is 2.91. The van der Waals surface area contributed by atoms with Crippen molar-refractivity contribution in [2.75, 3.05) is 0 Å². The highest BCUT2D eigenvalue weighted by molar-refractivity contribution is 5.85. The maximum atomic E-state index is 13.2. The molecule has 15 heavy (non-hydrogen) atoms. The number of hydrogen-bond donors (Lipinski definition) is 2. The summed E-state index contributed by atoms with van der Waals surface area (Å²) in [5.41, 5.74) is 5.33. The molecule has 1 aromatic rings. The van der Waals surface area contributed by atoms with Crippen LogP contribution in [0.25, 0.3) is 0 Å². The van der Waals surface area contributed by atoms with Gasteiger partial charge in [-0.25, -0.2) is 8.78 Å². The van der Waals surface area contributed by atoms with Gasteiger partial charge in [0, 0.05) is 11.6 Å². The number of benzene rings is 1. The summed E-state index contributed by atoms with van der Waals surface area (Å²) in [6, 6.07) is 1.02. The van der Waals surface area contributed by atoms with Gasteiger partial charge >= 0.3 is 0 Å². The van der Waals surface area contributed by atoms with Gasteiger partial charge in [0.1, 0.15) is 5.82 Å². The lowest BCUT2D eigenvalue weighted by molar-refractivity contribution is 0.410. The average Bonchev–Trinajstić information content (AvgIpc) is 2.13. The van der Waals surface area contributed by atoms with E-state index in [0.29, 0.717) is 0 Å². The molecule has 3 N–H and O–H groups in total. The normalized spacial score (nSPS) is 11.7. The van der Waals surface area contributed by atoms with Gasteiger partial charge in [0.25, 0.3) is 0 Å². The van der Waals surface area contributed by atoms with Crippen LogP contribution >= 0.6 is 12.4 Å². The molecule has 1 rings (SSSR count). The zero-order valence-electron chi connectivity index (χ0n) is 7.91. The molecular formula is C10H12ClF2NO. The highest BCUT2D eigenvalue weighted by atomic mass is 35.5. The number of nitrogens with two attached hydrogens (primary N) is 1. The Kier molecular flexibility index (Phi) is 5.25. The van der Waals surface area contributed by atoms with Crippen LogP contribution in [0.5, 0.6) is 5.75 Å². The molecule has 0 spiro atoms. The molecule has 0 radical (unpaired) electrons. The average molecular weight is 236 g/mol. The Bertz CT molecular complexity index is 358. The van der Waals surface area contributed by atoms with Gasteiger partial charge < -0.3 is 10.8 Å². The Balaban J connectivity index is 0.00000196. The van der Waals surface area contributed by atoms with Gasteiger partial charge in [0.15, 0.2) is 11.6 Å². The van der Waals surface area contributed by atoms with Gasteiger partial charge in [-0.1, -0.05) is 6.08 Å². The lowest BCUT2D eigenvalue weighted by Crippen LogP contribution is -2.12. The van der Waals surface area contributed by atoms with E-state index in [2.05, 4.69) is 6.58 Å². The van der Waals surface area contributed by atoms with Gasteiger partial charge in [-0.2, -0.15) is 0 Å². The van der Waals surface area contributed by atoms with Crippen LogP contribution in [0.3, 0.4) is 0 Å². The fourth-order valence-electron chi connectivity index (χ4n) is 1.21. The van der Waals surface area contributed by atoms with Crippen molar-refractivity contribution in [2.24, 2.45) is 5.73 Å². The summed E-state index contributed by atoms with van der Waals surface area (Å²) in [6.45, 7) is 3.43. The van der Waals surface area contributed by atoms with E-state index >= 15 is 0 Å². The molecule has 2 nitrogen and oxygen atoms in total. The minimum absolute atomic E-state index is 0. The zero-order chi connectivity index (χ0) is 10.7. The molecule has 0 aliphatic heterocycles. The van der Waals surface area contributed by atoms with E-state index in [4.69, 9.17) is 5.73 Å². The number of hydrogen-bond acceptors (Lipinski definition) is 2. The second kappa shape index (κ2) is 5.68. The Hall–Kier alpha value is -1.13. The van der Waals surface area contributed by atoms with Gasteiger partial charge in [0.2, 0.25) is 0 Å². The van der Waals surface area contributed by atoms with Crippen LogP contribution < -0.4 is 5.73 Å². The summed E-state index contributed by atoms with van der Waals surface area (Å²) < 4.78 is 26.0. The van der Waals surface area contributed by atoms with Crippen LogP contribution in [0.1, 0.15) is 18.0 Å². The van der Waals surface area contributed by atoms with E-state index in [1.54, 1.807) is 0 Å². The van der Waals surface area contributed by atoms with Crippen LogP contribution in [0.2, 0.25) is 0 Å². The second-order valence-corrected chi connectivity index (χ2v) is 2.92. The second-order valence-electron chi connectivity index (χ2n) is 2.92. The van der Waals surface area contributed by atoms with Crippen molar-refractivity contribution < 1.29 is 13.9 Å². The van der Waals surface area contributed by atoms with E-state index < -0.39 is 23.4 Å². The first-order chi connectivity index (χ1) is 6.57. The van der Waals surface area contributed by atoms with Crippen LogP contribution in [-0.2, 0) is 0 Å². The summed E-state index contributed by atoms with van der Waals surface area (Å²) in [5, 5.41) is 9.25. The first-order valence-electron chi connectivity index (χ1n) is 4.11. The van der Waals surface area contributed by atoms with E-state index in [1.165, 1.54) is 6.08 Å². The number of aromatic hydroxyl groups is 1. The quantitative estimate of drug-likeness (QED) is 0.792. The Morgan fingerprint density at radius 1 is 1.40 bits per heavy atom. The molecule has 0 bridgehead atoms. The van der Waals surface area contributed by atoms with Gasteiger partial charge in [-0.15, -0.1) is 19.0 Å². The molecule has 0 aliphatic rings. The lowest BCUT2D eigenvalue weighted by atomic mass is 10.0. The first-order valence-corrected chi connectivity index (χ1v) is 4.11. The van der Waals surface area contributed by atoms with Crippen LogP contribution in [0.15, 0.2) is 24.8 Å². The summed E-state index contributed by atoms with van der Waals surface area (Å²) in [7, 11) is 0. The summed E-state index contributed by atoms with van der Waals surface area (Å²) in [5.74, 6) is -2.31. The predicted molar refractivity (Wildman–Crippen MR) is 57.0 cm³/mol. The summed E-state index contributed by atoms with van der Waals surface area (Å²) >= 11 is 0. The van der Waals surface area contributed by atoms with Crippen molar-refractivity contribution in [1.82, 2.24) is 0 Å². The molecule has 0 saturated carbocycles. The Morgan fingerprint density at radius 3 is 2.47 bits per heavy atom. The lowest BCUT2D eigenvalue weighted by Gasteiger charge is -2.12. The van der Waals surface area contributed by atoms with Gasteiger partial charge in [-0.05, 0) is 18.6 Å². The van der Waals surface area contributed by atoms with Crippen LogP contribution in [0.4, 0.5) is 8.78 Å². The van der Waals surface area contributed by atoms with Gasteiger partial charge in [-0.3, -0.25) is 0 Å². The topological polar surface area (TPSA) is 46.2 Å². The molecule has 5 heteroatoms. The summed E-state index contributed by atoms with van der Waals surface area (Å²) in [4.78, 5) is 0. The monoisotopic (exact) mass is 235 g/mol. The highest BCUT2D eigenvalue weighted by Crippen LogP contribution is 2.29. The standard InChI is InChI=1S/C10H11F2NO.ClH/c1-2-3-8(13)9-6(11)4-5-7(12)10(9)14;/h2,4-5,8,14H,1,3,13H2;1H/t8-;/m1./s1. The molecule has 0 heterocycles. The summed E-state index contributed by atoms with van der Waals surface area (Å²) in [6.07, 6.45) is 1.75. The fourth-order valence-corrected chi connectivity index (χ4v) is 1.21. The smallest absolute Gasteiger partial charge is 0.165 e. The molecule has 0 unspecified atom stereocenters. The van der Waals surface area contributed by atoms with E-state index in [0.717, 1.165) is 12.1 Å². The van der Waals surface area contributed by atoms with Crippen molar-refractivity contribution in [1.29, 1.82) is 0 Å². The molecule has 1 atom stereocenters. The minimum Gasteiger partial charge on any atom is -0.505 e. The highest BCUT2D eigenvalue weighted by Gasteiger charge is 2.18. The molecule has 0 fully saturated rings. The van der Waals surface area contributed by atoms with Crippen molar-refractivity contribution in [2.45, 2.75) is 12.5 Å². The Labute approximate surface area is 92.8 Å². The number of phenols is 1. The number of halogens is 3. The van der Waals surface area contributed by atoms with Gasteiger partial charge in [0.05, 0.1) is 0 Å². The zero-order valence-corrected chi connectivity index (χ0v) is 8.73. The van der Waals surface area contributed by atoms with Crippen LogP contribution in [0, 0.1) is 11.6 Å². The molecule has 1 aromatic carbocycles. The van der Waals surface area contributed by atoms with Crippen molar-refractivity contribution in [3.8, 4) is 5.75 Å². The molecule has 0 amide bonds. The fraction of sp³-hybridized carbons (Fsp3) is 0.200. The maximum absolute atomic E-state index is 13.2. The van der Waals surface area contributed by atoms with E-state index in [1.807, 2.05) is 0 Å². The predicted octanol–water partition coefficient (Wildman–Crippen LogP) is 2.67. The molecule has 84 valence electrons. The van der Waals surface area contributed by atoms with Crippen molar-refractivity contribution >= 4 is 12.4 Å². The van der Waals surface area contributed by atoms with E-state index in [-0.39, 0.29) is 24.4 Å². The van der Waals surface area contributed by atoms with Crippen molar-refractivity contribution in [3.63, 3.8) is 0 Å². The first kappa shape index (κ1) is 13.9. The third-order valence-electron chi connectivity index (χ3n) is 1.91. The van der Waals surface area contributed by atoms with E-state index in [9.17, 15) is 13.9 Å². The van der Waals surface area contributed by atoms with Crippen molar-refractivity contribution in [3.05, 3.63) is 42.0 Å². The SMILES string of the molecule is C=CC[C@@H](N)c1c(F)ccc(F)c1O.Cl. The number of phenolic OH excluding ortho intramolecular Hbond substituents is 1. The molecular weight excluding hydrogens is 224 g/mol.